The predicted octanol–water partition coefficient (Wildman–Crippen LogP) is 2.07. The summed E-state index contributed by atoms with van der Waals surface area (Å²) in [5.41, 5.74) is 7.82. The Morgan fingerprint density at radius 1 is 1.43 bits per heavy atom. The normalized spacial score (nSPS) is 9.71. The number of hydrogen-bond donors (Lipinski definition) is 1. The van der Waals surface area contributed by atoms with Crippen molar-refractivity contribution >= 4 is 5.91 Å². The average Bonchev–Trinajstić information content (AvgIpc) is 2.45. The van der Waals surface area contributed by atoms with Gasteiger partial charge in [0.2, 0.25) is 0 Å². The number of benzene rings is 1. The van der Waals surface area contributed by atoms with E-state index in [-0.39, 0.29) is 11.9 Å². The lowest BCUT2D eigenvalue weighted by molar-refractivity contribution is 0.0710. The smallest absolute Gasteiger partial charge is 0.254 e. The van der Waals surface area contributed by atoms with Crippen LogP contribution in [0.5, 0.6) is 0 Å². The van der Waals surface area contributed by atoms with Crippen LogP contribution in [-0.4, -0.2) is 29.9 Å². The number of carbonyl (C=O) groups excluding carboxylic acids is 1. The van der Waals surface area contributed by atoms with E-state index in [1.165, 1.54) is 0 Å². The molecule has 4 heteroatoms. The molecule has 0 saturated carbocycles. The maximum atomic E-state index is 12.5. The summed E-state index contributed by atoms with van der Waals surface area (Å²) in [4.78, 5) is 14.2. The van der Waals surface area contributed by atoms with Gasteiger partial charge < -0.3 is 10.6 Å². The average molecular weight is 283 g/mol. The number of aryl methyl sites for hydroxylation is 1. The van der Waals surface area contributed by atoms with E-state index in [2.05, 4.69) is 17.9 Å². The Kier molecular flexibility index (Phi) is 6.46. The third-order valence-corrected chi connectivity index (χ3v) is 3.15. The van der Waals surface area contributed by atoms with Crippen LogP contribution < -0.4 is 5.73 Å². The number of amides is 1. The van der Waals surface area contributed by atoms with E-state index in [0.717, 1.165) is 11.1 Å². The van der Waals surface area contributed by atoms with Gasteiger partial charge in [-0.25, -0.2) is 0 Å². The standard InChI is InChI=1S/C17H21N3O/c1-13(2)20(11-5-10-19)17(21)16-8-7-15(6-4-9-18)14(3)12-16/h7-8,12-13H,5,9,11,18H2,1-3H3. The molecule has 0 heterocycles. The minimum absolute atomic E-state index is 0.0540. The van der Waals surface area contributed by atoms with Crippen molar-refractivity contribution in [1.29, 1.82) is 5.26 Å². The second-order valence-corrected chi connectivity index (χ2v) is 5.04. The van der Waals surface area contributed by atoms with Crippen molar-refractivity contribution in [3.05, 3.63) is 34.9 Å². The molecule has 0 unspecified atom stereocenters. The zero-order chi connectivity index (χ0) is 15.8. The highest BCUT2D eigenvalue weighted by Gasteiger charge is 2.18. The molecule has 21 heavy (non-hydrogen) atoms. The van der Waals surface area contributed by atoms with E-state index in [0.29, 0.717) is 25.1 Å². The van der Waals surface area contributed by atoms with E-state index in [1.807, 2.05) is 32.9 Å². The molecule has 0 fully saturated rings. The Morgan fingerprint density at radius 2 is 2.14 bits per heavy atom. The van der Waals surface area contributed by atoms with Gasteiger partial charge in [0, 0.05) is 23.7 Å². The molecule has 0 aliphatic heterocycles. The molecule has 0 bridgehead atoms. The third-order valence-electron chi connectivity index (χ3n) is 3.15. The molecular formula is C17H21N3O. The number of carbonyl (C=O) groups is 1. The molecule has 1 amide bonds. The summed E-state index contributed by atoms with van der Waals surface area (Å²) in [6.07, 6.45) is 0.336. The maximum absolute atomic E-state index is 12.5. The highest BCUT2D eigenvalue weighted by molar-refractivity contribution is 5.94. The zero-order valence-electron chi connectivity index (χ0n) is 12.8. The van der Waals surface area contributed by atoms with Crippen molar-refractivity contribution in [1.82, 2.24) is 4.90 Å². The number of nitrogens with two attached hydrogens (primary N) is 1. The third kappa shape index (κ3) is 4.63. The van der Waals surface area contributed by atoms with Crippen LogP contribution in [0.3, 0.4) is 0 Å². The topological polar surface area (TPSA) is 70.1 Å². The highest BCUT2D eigenvalue weighted by atomic mass is 16.2. The molecule has 0 atom stereocenters. The molecule has 4 nitrogen and oxygen atoms in total. The monoisotopic (exact) mass is 283 g/mol. The molecule has 1 aromatic rings. The molecule has 0 spiro atoms. The number of nitriles is 1. The Bertz CT molecular complexity index is 603. The first-order chi connectivity index (χ1) is 10.0. The van der Waals surface area contributed by atoms with Crippen molar-refractivity contribution in [3.63, 3.8) is 0 Å². The minimum Gasteiger partial charge on any atom is -0.335 e. The quantitative estimate of drug-likeness (QED) is 0.860. The molecule has 0 radical (unpaired) electrons. The van der Waals surface area contributed by atoms with Gasteiger partial charge in [0.1, 0.15) is 0 Å². The number of rotatable bonds is 4. The summed E-state index contributed by atoms with van der Waals surface area (Å²) < 4.78 is 0. The van der Waals surface area contributed by atoms with E-state index < -0.39 is 0 Å². The van der Waals surface area contributed by atoms with Crippen LogP contribution in [0.1, 0.15) is 41.8 Å². The summed E-state index contributed by atoms with van der Waals surface area (Å²) in [5.74, 6) is 5.74. The molecule has 2 N–H and O–H groups in total. The van der Waals surface area contributed by atoms with Gasteiger partial charge in [0.05, 0.1) is 19.0 Å². The van der Waals surface area contributed by atoms with Crippen LogP contribution in [0.15, 0.2) is 18.2 Å². The SMILES string of the molecule is Cc1cc(C(=O)N(CCC#N)C(C)C)ccc1C#CCN. The Hall–Kier alpha value is -2.30. The van der Waals surface area contributed by atoms with E-state index in [9.17, 15) is 4.79 Å². The Morgan fingerprint density at radius 3 is 2.67 bits per heavy atom. The van der Waals surface area contributed by atoms with Crippen molar-refractivity contribution in [3.8, 4) is 17.9 Å². The van der Waals surface area contributed by atoms with Gasteiger partial charge in [-0.05, 0) is 44.5 Å². The van der Waals surface area contributed by atoms with E-state index in [4.69, 9.17) is 11.0 Å². The highest BCUT2D eigenvalue weighted by Crippen LogP contribution is 2.14. The fraction of sp³-hybridized carbons (Fsp3) is 0.412. The lowest BCUT2D eigenvalue weighted by Gasteiger charge is -2.26. The molecule has 110 valence electrons. The van der Waals surface area contributed by atoms with Crippen molar-refractivity contribution in [2.75, 3.05) is 13.1 Å². The molecular weight excluding hydrogens is 262 g/mol. The van der Waals surface area contributed by atoms with Crippen molar-refractivity contribution < 1.29 is 4.79 Å². The van der Waals surface area contributed by atoms with Gasteiger partial charge in [0.15, 0.2) is 0 Å². The van der Waals surface area contributed by atoms with Crippen LogP contribution in [-0.2, 0) is 0 Å². The van der Waals surface area contributed by atoms with Gasteiger partial charge in [-0.1, -0.05) is 11.8 Å². The van der Waals surface area contributed by atoms with Gasteiger partial charge in [-0.2, -0.15) is 5.26 Å². The summed E-state index contributed by atoms with van der Waals surface area (Å²) in [7, 11) is 0. The molecule has 1 rings (SSSR count). The summed E-state index contributed by atoms with van der Waals surface area (Å²) in [6, 6.07) is 7.59. The Balaban J connectivity index is 3.01. The molecule has 0 aromatic heterocycles. The van der Waals surface area contributed by atoms with Gasteiger partial charge in [-0.15, -0.1) is 0 Å². The second-order valence-electron chi connectivity index (χ2n) is 5.04. The second kappa shape index (κ2) is 8.09. The maximum Gasteiger partial charge on any atom is 0.254 e. The van der Waals surface area contributed by atoms with E-state index >= 15 is 0 Å². The first kappa shape index (κ1) is 16.8. The largest absolute Gasteiger partial charge is 0.335 e. The van der Waals surface area contributed by atoms with Gasteiger partial charge >= 0.3 is 0 Å². The lowest BCUT2D eigenvalue weighted by atomic mass is 10.0. The van der Waals surface area contributed by atoms with Gasteiger partial charge in [-0.3, -0.25) is 4.79 Å². The first-order valence-corrected chi connectivity index (χ1v) is 6.98. The van der Waals surface area contributed by atoms with Crippen LogP contribution in [0.25, 0.3) is 0 Å². The first-order valence-electron chi connectivity index (χ1n) is 6.98. The van der Waals surface area contributed by atoms with E-state index in [1.54, 1.807) is 11.0 Å². The predicted molar refractivity (Wildman–Crippen MR) is 83.5 cm³/mol. The lowest BCUT2D eigenvalue weighted by Crippen LogP contribution is -2.37. The fourth-order valence-corrected chi connectivity index (χ4v) is 2.01. The van der Waals surface area contributed by atoms with Crippen LogP contribution in [0.4, 0.5) is 0 Å². The van der Waals surface area contributed by atoms with Crippen LogP contribution in [0, 0.1) is 30.1 Å². The Labute approximate surface area is 126 Å². The fourth-order valence-electron chi connectivity index (χ4n) is 2.01. The molecule has 0 aliphatic rings. The number of hydrogen-bond acceptors (Lipinski definition) is 3. The summed E-state index contributed by atoms with van der Waals surface area (Å²) in [6.45, 7) is 6.58. The zero-order valence-corrected chi connectivity index (χ0v) is 12.8. The van der Waals surface area contributed by atoms with Crippen molar-refractivity contribution in [2.45, 2.75) is 33.2 Å². The number of nitrogens with zero attached hydrogens (tertiary/aromatic N) is 2. The molecule has 0 aliphatic carbocycles. The van der Waals surface area contributed by atoms with Crippen LogP contribution in [0.2, 0.25) is 0 Å². The van der Waals surface area contributed by atoms with Crippen molar-refractivity contribution in [2.24, 2.45) is 5.73 Å². The van der Waals surface area contributed by atoms with Crippen LogP contribution >= 0.6 is 0 Å². The summed E-state index contributed by atoms with van der Waals surface area (Å²) >= 11 is 0. The molecule has 0 saturated heterocycles. The molecule has 1 aromatic carbocycles. The van der Waals surface area contributed by atoms with Gasteiger partial charge in [0.25, 0.3) is 5.91 Å². The summed E-state index contributed by atoms with van der Waals surface area (Å²) in [5, 5.41) is 8.70. The minimum atomic E-state index is -0.0540.